The smallest absolute Gasteiger partial charge is 0.0733 e. The maximum atomic E-state index is 6.35. The Morgan fingerprint density at radius 1 is 1.24 bits per heavy atom. The lowest BCUT2D eigenvalue weighted by atomic mass is 10.00. The fraction of sp³-hybridized carbons (Fsp3) is 0.600. The monoisotopic (exact) mass is 231 g/mol. The van der Waals surface area contributed by atoms with Gasteiger partial charge in [-0.2, -0.15) is 0 Å². The van der Waals surface area contributed by atoms with E-state index in [9.17, 15) is 0 Å². The molecule has 1 saturated heterocycles. The summed E-state index contributed by atoms with van der Waals surface area (Å²) in [5, 5.41) is 0. The molecule has 1 heterocycles. The molecule has 0 radical (unpaired) electrons. The summed E-state index contributed by atoms with van der Waals surface area (Å²) in [5.74, 6) is 1.30. The summed E-state index contributed by atoms with van der Waals surface area (Å²) < 4.78 is 5.88. The van der Waals surface area contributed by atoms with E-state index in [2.05, 4.69) is 37.3 Å². The molecule has 0 amide bonds. The Kier molecular flexibility index (Phi) is 2.93. The van der Waals surface area contributed by atoms with Crippen molar-refractivity contribution in [2.45, 2.75) is 50.4 Å². The van der Waals surface area contributed by atoms with Gasteiger partial charge < -0.3 is 10.5 Å². The van der Waals surface area contributed by atoms with Gasteiger partial charge in [-0.25, -0.2) is 0 Å². The van der Waals surface area contributed by atoms with Crippen LogP contribution in [0.15, 0.2) is 30.3 Å². The van der Waals surface area contributed by atoms with E-state index in [1.807, 2.05) is 0 Å². The van der Waals surface area contributed by atoms with Crippen LogP contribution in [-0.2, 0) is 4.74 Å². The lowest BCUT2D eigenvalue weighted by molar-refractivity contribution is 0.0356. The topological polar surface area (TPSA) is 35.2 Å². The Morgan fingerprint density at radius 3 is 2.65 bits per heavy atom. The number of nitrogens with two attached hydrogens (primary N) is 1. The molecule has 1 aromatic rings. The Labute approximate surface area is 103 Å². The molecule has 1 aromatic carbocycles. The first-order valence-electron chi connectivity index (χ1n) is 6.71. The van der Waals surface area contributed by atoms with Crippen LogP contribution in [0.5, 0.6) is 0 Å². The minimum Gasteiger partial charge on any atom is -0.374 e. The van der Waals surface area contributed by atoms with Crippen molar-refractivity contribution >= 4 is 0 Å². The lowest BCUT2D eigenvalue weighted by Crippen LogP contribution is -2.37. The number of rotatable bonds is 3. The summed E-state index contributed by atoms with van der Waals surface area (Å²) in [7, 11) is 0. The first kappa shape index (κ1) is 11.2. The van der Waals surface area contributed by atoms with Gasteiger partial charge >= 0.3 is 0 Å². The molecule has 2 fully saturated rings. The first-order chi connectivity index (χ1) is 8.25. The van der Waals surface area contributed by atoms with Crippen LogP contribution in [0.2, 0.25) is 0 Å². The molecule has 1 aliphatic carbocycles. The molecule has 5 unspecified atom stereocenters. The van der Waals surface area contributed by atoms with Crippen LogP contribution in [0.3, 0.4) is 0 Å². The van der Waals surface area contributed by atoms with E-state index in [1.54, 1.807) is 0 Å². The molecule has 0 bridgehead atoms. The zero-order valence-corrected chi connectivity index (χ0v) is 10.4. The van der Waals surface area contributed by atoms with Gasteiger partial charge in [0.05, 0.1) is 12.2 Å². The molecule has 2 aliphatic rings. The van der Waals surface area contributed by atoms with E-state index in [1.165, 1.54) is 18.4 Å². The van der Waals surface area contributed by atoms with Gasteiger partial charge in [-0.1, -0.05) is 30.3 Å². The maximum Gasteiger partial charge on any atom is 0.0733 e. The highest BCUT2D eigenvalue weighted by molar-refractivity contribution is 5.26. The molecule has 2 heteroatoms. The van der Waals surface area contributed by atoms with Crippen LogP contribution < -0.4 is 5.73 Å². The molecule has 0 aromatic heterocycles. The molecular weight excluding hydrogens is 210 g/mol. The predicted molar refractivity (Wildman–Crippen MR) is 68.8 cm³/mol. The SMILES string of the molecule is CC1CCC(C(N)C2CC2c2ccccc2)O1. The standard InChI is InChI=1S/C15H21NO/c1-10-7-8-14(17-10)15(16)13-9-12(13)11-5-3-2-4-6-11/h2-6,10,12-15H,7-9,16H2,1H3. The Hall–Kier alpha value is -0.860. The summed E-state index contributed by atoms with van der Waals surface area (Å²) in [6.45, 7) is 2.15. The Balaban J connectivity index is 1.61. The summed E-state index contributed by atoms with van der Waals surface area (Å²) in [6, 6.07) is 11.0. The zero-order valence-electron chi connectivity index (χ0n) is 10.4. The molecular formula is C15H21NO. The van der Waals surface area contributed by atoms with Gasteiger partial charge in [0.25, 0.3) is 0 Å². The fourth-order valence-corrected chi connectivity index (χ4v) is 3.12. The fourth-order valence-electron chi connectivity index (χ4n) is 3.12. The number of hydrogen-bond acceptors (Lipinski definition) is 2. The van der Waals surface area contributed by atoms with Gasteiger partial charge in [0.1, 0.15) is 0 Å². The minimum atomic E-state index is 0.227. The molecule has 1 aliphatic heterocycles. The summed E-state index contributed by atoms with van der Waals surface area (Å²) in [6.07, 6.45) is 4.24. The van der Waals surface area contributed by atoms with Crippen molar-refractivity contribution in [1.29, 1.82) is 0 Å². The highest BCUT2D eigenvalue weighted by Gasteiger charge is 2.46. The number of ether oxygens (including phenoxy) is 1. The highest BCUT2D eigenvalue weighted by Crippen LogP contribution is 2.50. The molecule has 17 heavy (non-hydrogen) atoms. The lowest BCUT2D eigenvalue weighted by Gasteiger charge is -2.19. The van der Waals surface area contributed by atoms with E-state index in [-0.39, 0.29) is 6.04 Å². The van der Waals surface area contributed by atoms with E-state index >= 15 is 0 Å². The third-order valence-corrected chi connectivity index (χ3v) is 4.26. The average molecular weight is 231 g/mol. The number of benzene rings is 1. The second-order valence-corrected chi connectivity index (χ2v) is 5.56. The summed E-state index contributed by atoms with van der Waals surface area (Å²) >= 11 is 0. The van der Waals surface area contributed by atoms with Crippen LogP contribution in [0.4, 0.5) is 0 Å². The molecule has 92 valence electrons. The van der Waals surface area contributed by atoms with Gasteiger partial charge in [-0.3, -0.25) is 0 Å². The van der Waals surface area contributed by atoms with Gasteiger partial charge in [0, 0.05) is 6.04 Å². The third kappa shape index (κ3) is 2.24. The Morgan fingerprint density at radius 2 is 2.00 bits per heavy atom. The summed E-state index contributed by atoms with van der Waals surface area (Å²) in [5.41, 5.74) is 7.79. The highest BCUT2D eigenvalue weighted by atomic mass is 16.5. The van der Waals surface area contributed by atoms with Crippen LogP contribution >= 0.6 is 0 Å². The number of hydrogen-bond donors (Lipinski definition) is 1. The van der Waals surface area contributed by atoms with Crippen LogP contribution in [0, 0.1) is 5.92 Å². The van der Waals surface area contributed by atoms with Crippen molar-refractivity contribution in [2.24, 2.45) is 11.7 Å². The van der Waals surface area contributed by atoms with E-state index in [0.717, 1.165) is 6.42 Å². The van der Waals surface area contributed by atoms with Crippen molar-refractivity contribution in [3.8, 4) is 0 Å². The quantitative estimate of drug-likeness (QED) is 0.868. The van der Waals surface area contributed by atoms with E-state index < -0.39 is 0 Å². The Bertz CT molecular complexity index is 378. The van der Waals surface area contributed by atoms with E-state index in [4.69, 9.17) is 10.5 Å². The third-order valence-electron chi connectivity index (χ3n) is 4.26. The maximum absolute atomic E-state index is 6.35. The van der Waals surface area contributed by atoms with Crippen LogP contribution in [0.25, 0.3) is 0 Å². The van der Waals surface area contributed by atoms with Gasteiger partial charge in [-0.15, -0.1) is 0 Å². The second-order valence-electron chi connectivity index (χ2n) is 5.56. The van der Waals surface area contributed by atoms with Crippen molar-refractivity contribution in [3.05, 3.63) is 35.9 Å². The molecule has 3 rings (SSSR count). The largest absolute Gasteiger partial charge is 0.374 e. The minimum absolute atomic E-state index is 0.227. The second kappa shape index (κ2) is 4.43. The molecule has 2 nitrogen and oxygen atoms in total. The van der Waals surface area contributed by atoms with Gasteiger partial charge in [0.15, 0.2) is 0 Å². The van der Waals surface area contributed by atoms with Gasteiger partial charge in [-0.05, 0) is 43.6 Å². The van der Waals surface area contributed by atoms with Crippen molar-refractivity contribution < 1.29 is 4.74 Å². The van der Waals surface area contributed by atoms with E-state index in [0.29, 0.717) is 24.0 Å². The van der Waals surface area contributed by atoms with Crippen molar-refractivity contribution in [2.75, 3.05) is 0 Å². The average Bonchev–Trinajstić information content (AvgIpc) is 3.05. The molecule has 2 N–H and O–H groups in total. The van der Waals surface area contributed by atoms with Gasteiger partial charge in [0.2, 0.25) is 0 Å². The van der Waals surface area contributed by atoms with Crippen LogP contribution in [0.1, 0.15) is 37.7 Å². The van der Waals surface area contributed by atoms with Crippen molar-refractivity contribution in [1.82, 2.24) is 0 Å². The molecule has 5 atom stereocenters. The predicted octanol–water partition coefficient (Wildman–Crippen LogP) is 2.68. The normalized spacial score (nSPS) is 38.0. The zero-order chi connectivity index (χ0) is 11.8. The first-order valence-corrected chi connectivity index (χ1v) is 6.71. The summed E-state index contributed by atoms with van der Waals surface area (Å²) in [4.78, 5) is 0. The van der Waals surface area contributed by atoms with Crippen molar-refractivity contribution in [3.63, 3.8) is 0 Å². The van der Waals surface area contributed by atoms with Crippen LogP contribution in [-0.4, -0.2) is 18.2 Å². The molecule has 0 spiro atoms. The molecule has 1 saturated carbocycles.